The van der Waals surface area contributed by atoms with E-state index in [0.29, 0.717) is 0 Å². The molecule has 0 amide bonds. The van der Waals surface area contributed by atoms with Gasteiger partial charge in [-0.15, -0.1) is 0 Å². The highest BCUT2D eigenvalue weighted by atomic mass is 14.9. The van der Waals surface area contributed by atoms with E-state index in [2.05, 4.69) is 39.9 Å². The lowest BCUT2D eigenvalue weighted by molar-refractivity contribution is 0.227. The highest BCUT2D eigenvalue weighted by molar-refractivity contribution is 4.81. The third kappa shape index (κ3) is 4.55. The van der Waals surface area contributed by atoms with Gasteiger partial charge in [-0.3, -0.25) is 0 Å². The van der Waals surface area contributed by atoms with E-state index in [0.717, 1.165) is 17.8 Å². The quantitative estimate of drug-likeness (QED) is 0.745. The normalized spacial score (nSPS) is 21.2. The summed E-state index contributed by atoms with van der Waals surface area (Å²) in [5.41, 5.74) is 0.270. The van der Waals surface area contributed by atoms with E-state index in [1.165, 1.54) is 32.2 Å². The fraction of sp³-hybridized carbons (Fsp3) is 1.00. The van der Waals surface area contributed by atoms with Crippen molar-refractivity contribution < 1.29 is 0 Å². The van der Waals surface area contributed by atoms with E-state index in [4.69, 9.17) is 0 Å². The second kappa shape index (κ2) is 5.34. The van der Waals surface area contributed by atoms with Crippen LogP contribution in [0.25, 0.3) is 0 Å². The molecule has 1 aliphatic carbocycles. The average molecular weight is 211 g/mol. The molecule has 1 aliphatic rings. The molecule has 1 heteroatoms. The molecule has 1 saturated carbocycles. The van der Waals surface area contributed by atoms with Crippen molar-refractivity contribution in [2.75, 3.05) is 6.54 Å². The predicted octanol–water partition coefficient (Wildman–Crippen LogP) is 3.84. The second-order valence-electron chi connectivity index (χ2n) is 6.58. The van der Waals surface area contributed by atoms with Crippen LogP contribution in [-0.4, -0.2) is 12.1 Å². The van der Waals surface area contributed by atoms with Crippen LogP contribution in [0.15, 0.2) is 0 Å². The van der Waals surface area contributed by atoms with Gasteiger partial charge in [-0.05, 0) is 45.1 Å². The molecule has 0 aliphatic heterocycles. The first kappa shape index (κ1) is 13.0. The minimum absolute atomic E-state index is 0.270. The van der Waals surface area contributed by atoms with Gasteiger partial charge in [-0.25, -0.2) is 0 Å². The molecule has 0 spiro atoms. The Morgan fingerprint density at radius 2 is 1.67 bits per heavy atom. The fourth-order valence-corrected chi connectivity index (χ4v) is 2.76. The molecule has 1 rings (SSSR count). The van der Waals surface area contributed by atoms with Crippen molar-refractivity contribution in [1.29, 1.82) is 0 Å². The topological polar surface area (TPSA) is 12.0 Å². The van der Waals surface area contributed by atoms with Crippen molar-refractivity contribution >= 4 is 0 Å². The Balaban J connectivity index is 2.43. The van der Waals surface area contributed by atoms with Gasteiger partial charge >= 0.3 is 0 Å². The average Bonchev–Trinajstić information content (AvgIpc) is 2.54. The second-order valence-corrected chi connectivity index (χ2v) is 6.58. The van der Waals surface area contributed by atoms with Gasteiger partial charge in [-0.2, -0.15) is 0 Å². The first-order chi connectivity index (χ1) is 6.90. The monoisotopic (exact) mass is 211 g/mol. The lowest BCUT2D eigenvalue weighted by Crippen LogP contribution is -2.41. The van der Waals surface area contributed by atoms with E-state index in [1.54, 1.807) is 0 Å². The van der Waals surface area contributed by atoms with Gasteiger partial charge in [0.25, 0.3) is 0 Å². The summed E-state index contributed by atoms with van der Waals surface area (Å²) in [6.07, 6.45) is 5.86. The Bertz CT molecular complexity index is 172. The van der Waals surface area contributed by atoms with E-state index < -0.39 is 0 Å². The summed E-state index contributed by atoms with van der Waals surface area (Å²) >= 11 is 0. The molecular weight excluding hydrogens is 182 g/mol. The summed E-state index contributed by atoms with van der Waals surface area (Å²) in [6.45, 7) is 12.8. The van der Waals surface area contributed by atoms with Gasteiger partial charge in [0.15, 0.2) is 0 Å². The third-order valence-corrected chi connectivity index (χ3v) is 3.73. The molecule has 1 nitrogen and oxygen atoms in total. The van der Waals surface area contributed by atoms with Crippen LogP contribution < -0.4 is 5.32 Å². The molecule has 15 heavy (non-hydrogen) atoms. The van der Waals surface area contributed by atoms with Gasteiger partial charge in [0.05, 0.1) is 0 Å². The summed E-state index contributed by atoms with van der Waals surface area (Å²) < 4.78 is 0. The summed E-state index contributed by atoms with van der Waals surface area (Å²) in [7, 11) is 0. The smallest absolute Gasteiger partial charge is 0.00966 e. The molecule has 1 unspecified atom stereocenters. The van der Waals surface area contributed by atoms with E-state index in [-0.39, 0.29) is 5.54 Å². The Kier molecular flexibility index (Phi) is 4.64. The lowest BCUT2D eigenvalue weighted by atomic mass is 9.82. The maximum absolute atomic E-state index is 3.68. The Morgan fingerprint density at radius 3 is 2.07 bits per heavy atom. The molecule has 0 aromatic carbocycles. The largest absolute Gasteiger partial charge is 0.312 e. The predicted molar refractivity (Wildman–Crippen MR) is 68.0 cm³/mol. The van der Waals surface area contributed by atoms with Gasteiger partial charge in [0.2, 0.25) is 0 Å². The molecule has 1 N–H and O–H groups in total. The number of nitrogens with one attached hydrogen (secondary N) is 1. The molecule has 0 aromatic heterocycles. The maximum atomic E-state index is 3.68. The number of rotatable bonds is 4. The van der Waals surface area contributed by atoms with Crippen LogP contribution in [-0.2, 0) is 0 Å². The van der Waals surface area contributed by atoms with Crippen molar-refractivity contribution in [3.8, 4) is 0 Å². The minimum Gasteiger partial charge on any atom is -0.312 e. The molecule has 0 radical (unpaired) electrons. The number of hydrogen-bond acceptors (Lipinski definition) is 1. The van der Waals surface area contributed by atoms with E-state index in [1.807, 2.05) is 0 Å². The van der Waals surface area contributed by atoms with Crippen LogP contribution in [0.5, 0.6) is 0 Å². The van der Waals surface area contributed by atoms with Gasteiger partial charge < -0.3 is 5.32 Å². The molecule has 1 atom stereocenters. The first-order valence-electron chi connectivity index (χ1n) is 6.65. The van der Waals surface area contributed by atoms with Crippen LogP contribution in [0.2, 0.25) is 0 Å². The molecule has 90 valence electrons. The summed E-state index contributed by atoms with van der Waals surface area (Å²) in [6, 6.07) is 0. The minimum atomic E-state index is 0.270. The highest BCUT2D eigenvalue weighted by Gasteiger charge is 2.27. The summed E-state index contributed by atoms with van der Waals surface area (Å²) in [5, 5.41) is 3.68. The third-order valence-electron chi connectivity index (χ3n) is 3.73. The standard InChI is InChI=1S/C14H29N/c1-11(2)13(10-15-14(3,4)5)12-8-6-7-9-12/h11-13,15H,6-10H2,1-5H3. The van der Waals surface area contributed by atoms with E-state index >= 15 is 0 Å². The molecule has 0 bridgehead atoms. The Labute approximate surface area is 96.0 Å². The SMILES string of the molecule is CC(C)C(CNC(C)(C)C)C1CCCC1. The maximum Gasteiger partial charge on any atom is 0.00966 e. The molecule has 1 fully saturated rings. The van der Waals surface area contributed by atoms with Gasteiger partial charge in [-0.1, -0.05) is 39.5 Å². The molecule has 0 saturated heterocycles. The van der Waals surface area contributed by atoms with Crippen molar-refractivity contribution in [2.45, 2.75) is 65.8 Å². The number of hydrogen-bond donors (Lipinski definition) is 1. The highest BCUT2D eigenvalue weighted by Crippen LogP contribution is 2.35. The van der Waals surface area contributed by atoms with E-state index in [9.17, 15) is 0 Å². The summed E-state index contributed by atoms with van der Waals surface area (Å²) in [4.78, 5) is 0. The zero-order valence-corrected chi connectivity index (χ0v) is 11.3. The zero-order chi connectivity index (χ0) is 11.5. The van der Waals surface area contributed by atoms with Crippen LogP contribution >= 0.6 is 0 Å². The summed E-state index contributed by atoms with van der Waals surface area (Å²) in [5.74, 6) is 2.69. The Morgan fingerprint density at radius 1 is 1.13 bits per heavy atom. The lowest BCUT2D eigenvalue weighted by Gasteiger charge is -2.31. The van der Waals surface area contributed by atoms with Crippen molar-refractivity contribution in [2.24, 2.45) is 17.8 Å². The van der Waals surface area contributed by atoms with Gasteiger partial charge in [0.1, 0.15) is 0 Å². The van der Waals surface area contributed by atoms with Crippen LogP contribution in [0.3, 0.4) is 0 Å². The van der Waals surface area contributed by atoms with Gasteiger partial charge in [0, 0.05) is 5.54 Å². The van der Waals surface area contributed by atoms with Crippen molar-refractivity contribution in [3.05, 3.63) is 0 Å². The first-order valence-corrected chi connectivity index (χ1v) is 6.65. The van der Waals surface area contributed by atoms with Crippen molar-refractivity contribution in [1.82, 2.24) is 5.32 Å². The van der Waals surface area contributed by atoms with Crippen molar-refractivity contribution in [3.63, 3.8) is 0 Å². The Hall–Kier alpha value is -0.0400. The van der Waals surface area contributed by atoms with Crippen LogP contribution in [0, 0.1) is 17.8 Å². The van der Waals surface area contributed by atoms with Crippen LogP contribution in [0.1, 0.15) is 60.3 Å². The van der Waals surface area contributed by atoms with Crippen LogP contribution in [0.4, 0.5) is 0 Å². The molecule has 0 heterocycles. The molecular formula is C14H29N. The molecule has 0 aromatic rings. The zero-order valence-electron chi connectivity index (χ0n) is 11.3. The fourth-order valence-electron chi connectivity index (χ4n) is 2.76.